The average molecular weight is 313 g/mol. The highest BCUT2D eigenvalue weighted by Gasteiger charge is 2.20. The van der Waals surface area contributed by atoms with Gasteiger partial charge in [0, 0.05) is 6.20 Å². The van der Waals surface area contributed by atoms with Gasteiger partial charge in [0.25, 0.3) is 10.0 Å². The molecule has 20 heavy (non-hydrogen) atoms. The third-order valence-corrected chi connectivity index (χ3v) is 4.42. The largest absolute Gasteiger partial charge is 0.495 e. The molecule has 0 saturated carbocycles. The lowest BCUT2D eigenvalue weighted by Gasteiger charge is -2.12. The number of benzene rings is 1. The fraction of sp³-hybridized carbons (Fsp3) is 0.154. The number of hydrogen-bond donors (Lipinski definition) is 1. The molecule has 0 saturated heterocycles. The van der Waals surface area contributed by atoms with E-state index in [9.17, 15) is 8.42 Å². The van der Waals surface area contributed by atoms with Gasteiger partial charge in [0.05, 0.1) is 12.8 Å². The number of aryl methyl sites for hydroxylation is 1. The van der Waals surface area contributed by atoms with Gasteiger partial charge >= 0.3 is 0 Å². The maximum atomic E-state index is 12.3. The molecule has 7 heteroatoms. The van der Waals surface area contributed by atoms with Crippen molar-refractivity contribution in [3.8, 4) is 5.75 Å². The van der Waals surface area contributed by atoms with Crippen LogP contribution < -0.4 is 9.46 Å². The predicted octanol–water partition coefficient (Wildman–Crippen LogP) is 2.85. The molecule has 1 heterocycles. The van der Waals surface area contributed by atoms with Crippen molar-refractivity contribution in [1.29, 1.82) is 0 Å². The first-order chi connectivity index (χ1) is 9.44. The second-order valence-corrected chi connectivity index (χ2v) is 6.11. The van der Waals surface area contributed by atoms with E-state index in [0.29, 0.717) is 11.4 Å². The van der Waals surface area contributed by atoms with Crippen molar-refractivity contribution < 1.29 is 13.2 Å². The van der Waals surface area contributed by atoms with Crippen molar-refractivity contribution in [2.45, 2.75) is 11.8 Å². The van der Waals surface area contributed by atoms with E-state index in [4.69, 9.17) is 16.3 Å². The molecule has 0 fully saturated rings. The minimum atomic E-state index is -3.82. The Bertz CT molecular complexity index is 732. The molecule has 0 unspecified atom stereocenters. The molecule has 5 nitrogen and oxygen atoms in total. The highest BCUT2D eigenvalue weighted by Crippen LogP contribution is 2.29. The molecule has 0 aliphatic heterocycles. The van der Waals surface area contributed by atoms with E-state index in [2.05, 4.69) is 9.71 Å². The standard InChI is InChI=1S/C13H13ClN2O3S/c1-9-5-6-11(19-2)10(8-9)16-20(17,18)12-4-3-7-15-13(12)14/h3-8,16H,1-2H3. The van der Waals surface area contributed by atoms with Crippen LogP contribution in [0.15, 0.2) is 41.4 Å². The number of aromatic nitrogens is 1. The van der Waals surface area contributed by atoms with Gasteiger partial charge in [-0.1, -0.05) is 17.7 Å². The molecule has 1 aromatic heterocycles. The molecule has 0 amide bonds. The zero-order valence-electron chi connectivity index (χ0n) is 10.9. The summed E-state index contributed by atoms with van der Waals surface area (Å²) in [4.78, 5) is 3.68. The molecule has 106 valence electrons. The number of sulfonamides is 1. The van der Waals surface area contributed by atoms with Gasteiger partial charge in [-0.2, -0.15) is 0 Å². The van der Waals surface area contributed by atoms with Crippen LogP contribution in [0.25, 0.3) is 0 Å². The quantitative estimate of drug-likeness (QED) is 0.881. The summed E-state index contributed by atoms with van der Waals surface area (Å²) >= 11 is 5.82. The van der Waals surface area contributed by atoms with Crippen molar-refractivity contribution >= 4 is 27.3 Å². The summed E-state index contributed by atoms with van der Waals surface area (Å²) in [6, 6.07) is 8.10. The van der Waals surface area contributed by atoms with Crippen molar-refractivity contribution in [1.82, 2.24) is 4.98 Å². The van der Waals surface area contributed by atoms with Crippen LogP contribution in [-0.2, 0) is 10.0 Å². The van der Waals surface area contributed by atoms with E-state index in [1.807, 2.05) is 13.0 Å². The summed E-state index contributed by atoms with van der Waals surface area (Å²) in [7, 11) is -2.35. The maximum Gasteiger partial charge on any atom is 0.265 e. The summed E-state index contributed by atoms with van der Waals surface area (Å²) in [5.41, 5.74) is 1.26. The molecule has 1 N–H and O–H groups in total. The Balaban J connectivity index is 2.44. The summed E-state index contributed by atoms with van der Waals surface area (Å²) in [6.45, 7) is 1.86. The fourth-order valence-corrected chi connectivity index (χ4v) is 3.19. The summed E-state index contributed by atoms with van der Waals surface area (Å²) in [5, 5.41) is -0.0772. The number of anilines is 1. The number of halogens is 1. The number of methoxy groups -OCH3 is 1. The van der Waals surface area contributed by atoms with E-state index >= 15 is 0 Å². The van der Waals surface area contributed by atoms with Crippen LogP contribution in [0.2, 0.25) is 5.15 Å². The Kier molecular flexibility index (Phi) is 4.15. The smallest absolute Gasteiger partial charge is 0.265 e. The summed E-state index contributed by atoms with van der Waals surface area (Å²) in [6.07, 6.45) is 1.43. The molecular formula is C13H13ClN2O3S. The number of hydrogen-bond acceptors (Lipinski definition) is 4. The second kappa shape index (κ2) is 5.68. The number of nitrogens with one attached hydrogen (secondary N) is 1. The van der Waals surface area contributed by atoms with Crippen molar-refractivity contribution in [2.75, 3.05) is 11.8 Å². The third-order valence-electron chi connectivity index (χ3n) is 2.61. The molecular weight excluding hydrogens is 300 g/mol. The van der Waals surface area contributed by atoms with Crippen LogP contribution in [0.5, 0.6) is 5.75 Å². The number of ether oxygens (including phenoxy) is 1. The van der Waals surface area contributed by atoms with Crippen molar-refractivity contribution in [2.24, 2.45) is 0 Å². The lowest BCUT2D eigenvalue weighted by atomic mass is 10.2. The van der Waals surface area contributed by atoms with Crippen molar-refractivity contribution in [3.63, 3.8) is 0 Å². The van der Waals surface area contributed by atoms with Crippen molar-refractivity contribution in [3.05, 3.63) is 47.2 Å². The van der Waals surface area contributed by atoms with Crippen LogP contribution in [0.3, 0.4) is 0 Å². The number of rotatable bonds is 4. The van der Waals surface area contributed by atoms with Crippen LogP contribution in [-0.4, -0.2) is 20.5 Å². The Hall–Kier alpha value is -1.79. The van der Waals surface area contributed by atoms with E-state index in [1.165, 1.54) is 25.4 Å². The molecule has 0 radical (unpaired) electrons. The van der Waals surface area contributed by atoms with Gasteiger partial charge in [-0.3, -0.25) is 4.72 Å². The fourth-order valence-electron chi connectivity index (χ4n) is 1.67. The maximum absolute atomic E-state index is 12.3. The molecule has 0 aliphatic carbocycles. The SMILES string of the molecule is COc1ccc(C)cc1NS(=O)(=O)c1cccnc1Cl. The van der Waals surface area contributed by atoms with Gasteiger partial charge in [-0.05, 0) is 36.8 Å². The molecule has 1 aromatic carbocycles. The number of pyridine rings is 1. The van der Waals surface area contributed by atoms with E-state index in [0.717, 1.165) is 5.56 Å². The zero-order valence-corrected chi connectivity index (χ0v) is 12.5. The summed E-state index contributed by atoms with van der Waals surface area (Å²) in [5.74, 6) is 0.430. The van der Waals surface area contributed by atoms with Gasteiger partial charge in [-0.25, -0.2) is 13.4 Å². The van der Waals surface area contributed by atoms with Crippen LogP contribution in [0, 0.1) is 6.92 Å². The lowest BCUT2D eigenvalue weighted by Crippen LogP contribution is -2.14. The van der Waals surface area contributed by atoms with Gasteiger partial charge in [-0.15, -0.1) is 0 Å². The highest BCUT2D eigenvalue weighted by atomic mass is 35.5. The summed E-state index contributed by atoms with van der Waals surface area (Å²) < 4.78 is 32.2. The van der Waals surface area contributed by atoms with Gasteiger partial charge in [0.15, 0.2) is 0 Å². The first-order valence-electron chi connectivity index (χ1n) is 5.72. The lowest BCUT2D eigenvalue weighted by molar-refractivity contribution is 0.417. The van der Waals surface area contributed by atoms with Crippen LogP contribution in [0.1, 0.15) is 5.56 Å². The van der Waals surface area contributed by atoms with E-state index in [1.54, 1.807) is 12.1 Å². The topological polar surface area (TPSA) is 68.3 Å². The number of nitrogens with zero attached hydrogens (tertiary/aromatic N) is 1. The van der Waals surface area contributed by atoms with Crippen LogP contribution >= 0.6 is 11.6 Å². The molecule has 0 bridgehead atoms. The first-order valence-corrected chi connectivity index (χ1v) is 7.58. The third kappa shape index (κ3) is 3.02. The Morgan fingerprint density at radius 1 is 1.30 bits per heavy atom. The molecule has 2 aromatic rings. The van der Waals surface area contributed by atoms with Gasteiger partial charge in [0.2, 0.25) is 0 Å². The van der Waals surface area contributed by atoms with E-state index in [-0.39, 0.29) is 10.0 Å². The first kappa shape index (κ1) is 14.6. The minimum Gasteiger partial charge on any atom is -0.495 e. The Labute approximate surface area is 122 Å². The Morgan fingerprint density at radius 2 is 2.05 bits per heavy atom. The monoisotopic (exact) mass is 312 g/mol. The predicted molar refractivity (Wildman–Crippen MR) is 77.8 cm³/mol. The Morgan fingerprint density at radius 3 is 2.70 bits per heavy atom. The zero-order chi connectivity index (χ0) is 14.8. The molecule has 2 rings (SSSR count). The van der Waals surface area contributed by atoms with Crippen LogP contribution in [0.4, 0.5) is 5.69 Å². The molecule has 0 atom stereocenters. The van der Waals surface area contributed by atoms with E-state index < -0.39 is 10.0 Å². The van der Waals surface area contributed by atoms with Gasteiger partial charge in [0.1, 0.15) is 15.8 Å². The minimum absolute atomic E-state index is 0.0772. The normalized spacial score (nSPS) is 11.2. The molecule has 0 aliphatic rings. The second-order valence-electron chi connectivity index (χ2n) is 4.10. The average Bonchev–Trinajstić information content (AvgIpc) is 2.39. The molecule has 0 spiro atoms. The highest BCUT2D eigenvalue weighted by molar-refractivity contribution is 7.92. The van der Waals surface area contributed by atoms with Gasteiger partial charge < -0.3 is 4.74 Å².